The van der Waals surface area contributed by atoms with Crippen molar-refractivity contribution in [1.29, 1.82) is 0 Å². The summed E-state index contributed by atoms with van der Waals surface area (Å²) >= 11 is 1.56. The lowest BCUT2D eigenvalue weighted by molar-refractivity contribution is 1.06. The molecule has 6 heteroatoms. The van der Waals surface area contributed by atoms with Crippen LogP contribution in [-0.4, -0.2) is 21.4 Å². The molecule has 0 fully saturated rings. The van der Waals surface area contributed by atoms with Gasteiger partial charge in [0.1, 0.15) is 10.7 Å². The van der Waals surface area contributed by atoms with Crippen molar-refractivity contribution in [3.63, 3.8) is 0 Å². The molecule has 5 rings (SSSR count). The monoisotopic (exact) mass is 344 g/mol. The van der Waals surface area contributed by atoms with Gasteiger partial charge >= 0.3 is 0 Å². The number of hydrogen-bond donors (Lipinski definition) is 2. The summed E-state index contributed by atoms with van der Waals surface area (Å²) in [7, 11) is 0. The minimum Gasteiger partial charge on any atom is -0.295 e. The SMILES string of the molecule is O=c1[nH][nH]c(-c2nc3ccccc3s2)c1/C=C1/C=Nc2ccccc21. The zero-order valence-corrected chi connectivity index (χ0v) is 13.8. The molecule has 0 bridgehead atoms. The maximum atomic E-state index is 12.3. The minimum absolute atomic E-state index is 0.167. The third-order valence-electron chi connectivity index (χ3n) is 4.18. The van der Waals surface area contributed by atoms with Gasteiger partial charge in [-0.25, -0.2) is 4.98 Å². The van der Waals surface area contributed by atoms with Gasteiger partial charge in [-0.15, -0.1) is 11.3 Å². The first-order valence-corrected chi connectivity index (χ1v) is 8.63. The molecule has 120 valence electrons. The van der Waals surface area contributed by atoms with E-state index in [1.54, 1.807) is 17.6 Å². The number of para-hydroxylation sites is 2. The smallest absolute Gasteiger partial charge is 0.271 e. The van der Waals surface area contributed by atoms with Gasteiger partial charge < -0.3 is 0 Å². The molecular weight excluding hydrogens is 332 g/mol. The quantitative estimate of drug-likeness (QED) is 0.571. The second-order valence-electron chi connectivity index (χ2n) is 5.73. The van der Waals surface area contributed by atoms with Crippen LogP contribution in [0.15, 0.2) is 58.3 Å². The molecule has 5 nitrogen and oxygen atoms in total. The fourth-order valence-corrected chi connectivity index (χ4v) is 3.94. The lowest BCUT2D eigenvalue weighted by Gasteiger charge is -1.99. The number of nitrogens with one attached hydrogen (secondary N) is 2. The van der Waals surface area contributed by atoms with Crippen molar-refractivity contribution in [2.45, 2.75) is 0 Å². The number of rotatable bonds is 2. The lowest BCUT2D eigenvalue weighted by Crippen LogP contribution is -2.02. The van der Waals surface area contributed by atoms with Gasteiger partial charge in [0.2, 0.25) is 0 Å². The first-order chi connectivity index (χ1) is 12.3. The van der Waals surface area contributed by atoms with Gasteiger partial charge in [0.05, 0.1) is 21.5 Å². The Labute approximate surface area is 146 Å². The van der Waals surface area contributed by atoms with E-state index in [0.717, 1.165) is 32.0 Å². The van der Waals surface area contributed by atoms with Gasteiger partial charge in [-0.05, 0) is 24.3 Å². The topological polar surface area (TPSA) is 73.9 Å². The van der Waals surface area contributed by atoms with Crippen molar-refractivity contribution in [3.8, 4) is 10.7 Å². The van der Waals surface area contributed by atoms with E-state index in [2.05, 4.69) is 20.2 Å². The summed E-state index contributed by atoms with van der Waals surface area (Å²) < 4.78 is 1.09. The normalized spacial score (nSPS) is 14.5. The van der Waals surface area contributed by atoms with E-state index in [0.29, 0.717) is 11.3 Å². The van der Waals surface area contributed by atoms with E-state index in [1.165, 1.54) is 0 Å². The van der Waals surface area contributed by atoms with E-state index < -0.39 is 0 Å². The number of benzene rings is 2. The van der Waals surface area contributed by atoms with Crippen LogP contribution in [0.5, 0.6) is 0 Å². The first-order valence-electron chi connectivity index (χ1n) is 7.81. The summed E-state index contributed by atoms with van der Waals surface area (Å²) in [6.45, 7) is 0. The number of H-pyrrole nitrogens is 2. The lowest BCUT2D eigenvalue weighted by atomic mass is 10.0. The number of aromatic amines is 2. The van der Waals surface area contributed by atoms with Crippen molar-refractivity contribution in [3.05, 3.63) is 70.0 Å². The molecule has 1 aliphatic heterocycles. The Kier molecular flexibility index (Phi) is 3.05. The van der Waals surface area contributed by atoms with E-state index >= 15 is 0 Å². The van der Waals surface area contributed by atoms with E-state index in [4.69, 9.17) is 0 Å². The predicted molar refractivity (Wildman–Crippen MR) is 102 cm³/mol. The highest BCUT2D eigenvalue weighted by Gasteiger charge is 2.17. The zero-order chi connectivity index (χ0) is 16.8. The Morgan fingerprint density at radius 2 is 1.84 bits per heavy atom. The Morgan fingerprint density at radius 1 is 1.00 bits per heavy atom. The van der Waals surface area contributed by atoms with Crippen LogP contribution in [0.25, 0.3) is 32.6 Å². The summed E-state index contributed by atoms with van der Waals surface area (Å²) in [6, 6.07) is 15.8. The van der Waals surface area contributed by atoms with E-state index in [-0.39, 0.29) is 5.56 Å². The standard InChI is InChI=1S/C19H12N4OS/c24-18-13(9-11-10-20-14-6-2-1-5-12(11)14)17(22-23-18)19-21-15-7-3-4-8-16(15)25-19/h1-10H,(H2,22,23,24)/b11-9-. The average Bonchev–Trinajstić information content (AvgIpc) is 3.33. The molecule has 4 aromatic rings. The van der Waals surface area contributed by atoms with Crippen molar-refractivity contribution in [2.75, 3.05) is 0 Å². The molecule has 2 aromatic heterocycles. The summed E-state index contributed by atoms with van der Waals surface area (Å²) in [5.41, 5.74) is 4.90. The fourth-order valence-electron chi connectivity index (χ4n) is 2.96. The number of nitrogens with zero attached hydrogens (tertiary/aromatic N) is 2. The number of thiazole rings is 1. The molecule has 0 amide bonds. The molecule has 1 aliphatic rings. The molecule has 0 saturated carbocycles. The highest BCUT2D eigenvalue weighted by molar-refractivity contribution is 7.21. The number of aromatic nitrogens is 3. The molecule has 0 radical (unpaired) electrons. The fraction of sp³-hybridized carbons (Fsp3) is 0. The van der Waals surface area contributed by atoms with Gasteiger partial charge in [-0.2, -0.15) is 0 Å². The van der Waals surface area contributed by atoms with E-state index in [9.17, 15) is 4.79 Å². The summed E-state index contributed by atoms with van der Waals surface area (Å²) in [4.78, 5) is 21.4. The van der Waals surface area contributed by atoms with Gasteiger partial charge in [0, 0.05) is 17.4 Å². The van der Waals surface area contributed by atoms with Crippen LogP contribution in [0.1, 0.15) is 11.1 Å². The van der Waals surface area contributed by atoms with Crippen LogP contribution in [0, 0.1) is 0 Å². The van der Waals surface area contributed by atoms with Gasteiger partial charge in [-0.3, -0.25) is 20.0 Å². The number of allylic oxidation sites excluding steroid dienone is 1. The Morgan fingerprint density at radius 3 is 2.76 bits per heavy atom. The maximum absolute atomic E-state index is 12.3. The zero-order valence-electron chi connectivity index (χ0n) is 13.0. The van der Waals surface area contributed by atoms with Gasteiger partial charge in [0.25, 0.3) is 5.56 Å². The maximum Gasteiger partial charge on any atom is 0.271 e. The van der Waals surface area contributed by atoms with Crippen LogP contribution < -0.4 is 5.56 Å². The molecule has 2 N–H and O–H groups in total. The Balaban J connectivity index is 1.67. The van der Waals surface area contributed by atoms with E-state index in [1.807, 2.05) is 54.6 Å². The second kappa shape index (κ2) is 5.39. The first kappa shape index (κ1) is 14.1. The van der Waals surface area contributed by atoms with Crippen molar-refractivity contribution in [2.24, 2.45) is 4.99 Å². The summed E-state index contributed by atoms with van der Waals surface area (Å²) in [5, 5.41) is 6.43. The molecule has 3 heterocycles. The van der Waals surface area contributed by atoms with Crippen LogP contribution in [0.4, 0.5) is 5.69 Å². The van der Waals surface area contributed by atoms with Crippen LogP contribution >= 0.6 is 11.3 Å². The van der Waals surface area contributed by atoms with Crippen LogP contribution in [0.2, 0.25) is 0 Å². The third kappa shape index (κ3) is 2.27. The number of fused-ring (bicyclic) bond motifs is 2. The summed E-state index contributed by atoms with van der Waals surface area (Å²) in [6.07, 6.45) is 3.66. The number of hydrogen-bond acceptors (Lipinski definition) is 4. The Hall–Kier alpha value is -3.25. The molecule has 0 spiro atoms. The predicted octanol–water partition coefficient (Wildman–Crippen LogP) is 4.24. The largest absolute Gasteiger partial charge is 0.295 e. The van der Waals surface area contributed by atoms with Crippen molar-refractivity contribution < 1.29 is 0 Å². The average molecular weight is 344 g/mol. The van der Waals surface area contributed by atoms with Gasteiger partial charge in [0.15, 0.2) is 0 Å². The summed E-state index contributed by atoms with van der Waals surface area (Å²) in [5.74, 6) is 0. The molecule has 0 unspecified atom stereocenters. The van der Waals surface area contributed by atoms with Crippen LogP contribution in [-0.2, 0) is 0 Å². The second-order valence-corrected chi connectivity index (χ2v) is 6.76. The Bertz CT molecular complexity index is 1190. The molecule has 0 aliphatic carbocycles. The highest BCUT2D eigenvalue weighted by Crippen LogP contribution is 2.34. The molecule has 2 aromatic carbocycles. The third-order valence-corrected chi connectivity index (χ3v) is 5.23. The molecule has 25 heavy (non-hydrogen) atoms. The molecule has 0 atom stereocenters. The van der Waals surface area contributed by atoms with Crippen molar-refractivity contribution in [1.82, 2.24) is 15.2 Å². The minimum atomic E-state index is -0.167. The molecule has 0 saturated heterocycles. The van der Waals surface area contributed by atoms with Gasteiger partial charge in [-0.1, -0.05) is 30.3 Å². The van der Waals surface area contributed by atoms with Crippen LogP contribution in [0.3, 0.4) is 0 Å². The highest BCUT2D eigenvalue weighted by atomic mass is 32.1. The molecular formula is C19H12N4OS. The number of aliphatic imine (C=N–C) groups is 1. The van der Waals surface area contributed by atoms with Crippen molar-refractivity contribution >= 4 is 45.1 Å².